The maximum atomic E-state index is 6.06. The third-order valence-electron chi connectivity index (χ3n) is 6.05. The van der Waals surface area contributed by atoms with Crippen LogP contribution in [0.4, 0.5) is 0 Å². The lowest BCUT2D eigenvalue weighted by atomic mass is 9.71. The third-order valence-corrected chi connectivity index (χ3v) is 6.05. The summed E-state index contributed by atoms with van der Waals surface area (Å²) in [4.78, 5) is 0. The molecular formula is C19H34O3. The standard InChI is InChI=1S/C19H34O3/c1-14-3-5-16(6-4-14)17-7-9-18(10-8-17)20-13-19-21-11-15(2)12-22-19/h14-19H,3-13H2,1-2H3. The average Bonchev–Trinajstić information content (AvgIpc) is 2.56. The number of rotatable bonds is 4. The maximum absolute atomic E-state index is 6.06. The Morgan fingerprint density at radius 1 is 0.727 bits per heavy atom. The van der Waals surface area contributed by atoms with Crippen molar-refractivity contribution in [1.29, 1.82) is 0 Å². The Morgan fingerprint density at radius 2 is 1.27 bits per heavy atom. The molecule has 2 aliphatic carbocycles. The Hall–Kier alpha value is -0.120. The molecule has 22 heavy (non-hydrogen) atoms. The molecule has 3 rings (SSSR count). The van der Waals surface area contributed by atoms with Crippen LogP contribution in [0, 0.1) is 23.7 Å². The quantitative estimate of drug-likeness (QED) is 0.770. The first kappa shape index (κ1) is 16.7. The Morgan fingerprint density at radius 3 is 1.86 bits per heavy atom. The summed E-state index contributed by atoms with van der Waals surface area (Å²) in [6, 6.07) is 0. The van der Waals surface area contributed by atoms with Gasteiger partial charge in [-0.3, -0.25) is 0 Å². The van der Waals surface area contributed by atoms with Crippen LogP contribution in [0.15, 0.2) is 0 Å². The molecule has 0 atom stereocenters. The zero-order chi connectivity index (χ0) is 15.4. The van der Waals surface area contributed by atoms with Crippen molar-refractivity contribution in [3.05, 3.63) is 0 Å². The molecule has 0 N–H and O–H groups in total. The third kappa shape index (κ3) is 4.69. The topological polar surface area (TPSA) is 27.7 Å². The summed E-state index contributed by atoms with van der Waals surface area (Å²) in [6.07, 6.45) is 11.4. The molecule has 2 saturated carbocycles. The van der Waals surface area contributed by atoms with E-state index in [1.807, 2.05) is 0 Å². The number of hydrogen-bond acceptors (Lipinski definition) is 3. The Kier molecular flexibility index (Phi) is 6.17. The van der Waals surface area contributed by atoms with Gasteiger partial charge in [-0.1, -0.05) is 26.7 Å². The molecule has 3 heteroatoms. The summed E-state index contributed by atoms with van der Waals surface area (Å²) in [5, 5.41) is 0. The molecule has 0 radical (unpaired) electrons. The summed E-state index contributed by atoms with van der Waals surface area (Å²) in [5.41, 5.74) is 0. The minimum absolute atomic E-state index is 0.131. The minimum atomic E-state index is -0.131. The van der Waals surface area contributed by atoms with E-state index in [4.69, 9.17) is 14.2 Å². The van der Waals surface area contributed by atoms with Crippen LogP contribution in [0.5, 0.6) is 0 Å². The largest absolute Gasteiger partial charge is 0.373 e. The summed E-state index contributed by atoms with van der Waals surface area (Å²) < 4.78 is 17.4. The van der Waals surface area contributed by atoms with E-state index in [2.05, 4.69) is 13.8 Å². The maximum Gasteiger partial charge on any atom is 0.180 e. The SMILES string of the molecule is CC1CCC(C2CCC(OCC3OCC(C)CO3)CC2)CC1. The van der Waals surface area contributed by atoms with Gasteiger partial charge in [0.2, 0.25) is 0 Å². The van der Waals surface area contributed by atoms with Gasteiger partial charge in [0.1, 0.15) is 0 Å². The van der Waals surface area contributed by atoms with Crippen LogP contribution in [0.3, 0.4) is 0 Å². The molecule has 0 unspecified atom stereocenters. The van der Waals surface area contributed by atoms with Crippen molar-refractivity contribution >= 4 is 0 Å². The number of ether oxygens (including phenoxy) is 3. The summed E-state index contributed by atoms with van der Waals surface area (Å²) in [5.74, 6) is 3.46. The zero-order valence-corrected chi connectivity index (χ0v) is 14.5. The lowest BCUT2D eigenvalue weighted by molar-refractivity contribution is -0.226. The second-order valence-corrected chi connectivity index (χ2v) is 8.09. The van der Waals surface area contributed by atoms with Gasteiger partial charge < -0.3 is 14.2 Å². The van der Waals surface area contributed by atoms with Gasteiger partial charge in [0.15, 0.2) is 6.29 Å². The minimum Gasteiger partial charge on any atom is -0.373 e. The first-order valence-corrected chi connectivity index (χ1v) is 9.55. The molecule has 3 aliphatic rings. The fraction of sp³-hybridized carbons (Fsp3) is 1.00. The molecule has 3 nitrogen and oxygen atoms in total. The van der Waals surface area contributed by atoms with E-state index in [0.29, 0.717) is 18.6 Å². The van der Waals surface area contributed by atoms with Crippen LogP contribution in [-0.4, -0.2) is 32.2 Å². The van der Waals surface area contributed by atoms with Crippen molar-refractivity contribution in [1.82, 2.24) is 0 Å². The predicted octanol–water partition coefficient (Wildman–Crippen LogP) is 4.40. The molecule has 3 fully saturated rings. The van der Waals surface area contributed by atoms with Crippen molar-refractivity contribution in [3.63, 3.8) is 0 Å². The van der Waals surface area contributed by atoms with Crippen molar-refractivity contribution < 1.29 is 14.2 Å². The van der Waals surface area contributed by atoms with Crippen molar-refractivity contribution in [2.24, 2.45) is 23.7 Å². The molecule has 0 spiro atoms. The van der Waals surface area contributed by atoms with Crippen molar-refractivity contribution in [3.8, 4) is 0 Å². The molecule has 1 heterocycles. The van der Waals surface area contributed by atoms with Gasteiger partial charge in [-0.2, -0.15) is 0 Å². The molecule has 0 aromatic carbocycles. The molecule has 0 aromatic heterocycles. The molecule has 0 aromatic rings. The van der Waals surface area contributed by atoms with E-state index in [1.165, 1.54) is 51.4 Å². The van der Waals surface area contributed by atoms with E-state index < -0.39 is 0 Å². The highest BCUT2D eigenvalue weighted by Crippen LogP contribution is 2.40. The molecule has 0 amide bonds. The van der Waals surface area contributed by atoms with Crippen LogP contribution in [0.1, 0.15) is 65.2 Å². The molecule has 1 saturated heterocycles. The van der Waals surface area contributed by atoms with Crippen LogP contribution in [0.2, 0.25) is 0 Å². The van der Waals surface area contributed by atoms with Gasteiger partial charge in [0, 0.05) is 5.92 Å². The zero-order valence-electron chi connectivity index (χ0n) is 14.5. The van der Waals surface area contributed by atoms with E-state index in [1.54, 1.807) is 0 Å². The fourth-order valence-corrected chi connectivity index (χ4v) is 4.43. The van der Waals surface area contributed by atoms with Gasteiger partial charge in [0.25, 0.3) is 0 Å². The van der Waals surface area contributed by atoms with Gasteiger partial charge >= 0.3 is 0 Å². The van der Waals surface area contributed by atoms with Crippen LogP contribution in [0.25, 0.3) is 0 Å². The van der Waals surface area contributed by atoms with E-state index >= 15 is 0 Å². The highest BCUT2D eigenvalue weighted by Gasteiger charge is 2.30. The Bertz CT molecular complexity index is 309. The van der Waals surface area contributed by atoms with Crippen LogP contribution in [-0.2, 0) is 14.2 Å². The second kappa shape index (κ2) is 8.12. The highest BCUT2D eigenvalue weighted by atomic mass is 16.7. The van der Waals surface area contributed by atoms with E-state index in [9.17, 15) is 0 Å². The van der Waals surface area contributed by atoms with Crippen molar-refractivity contribution in [2.75, 3.05) is 19.8 Å². The summed E-state index contributed by atoms with van der Waals surface area (Å²) >= 11 is 0. The van der Waals surface area contributed by atoms with Crippen molar-refractivity contribution in [2.45, 2.75) is 77.6 Å². The monoisotopic (exact) mass is 310 g/mol. The Balaban J connectivity index is 1.32. The van der Waals surface area contributed by atoms with Gasteiger partial charge in [-0.05, 0) is 56.3 Å². The van der Waals surface area contributed by atoms with E-state index in [0.717, 1.165) is 31.0 Å². The summed E-state index contributed by atoms with van der Waals surface area (Å²) in [7, 11) is 0. The van der Waals surface area contributed by atoms with E-state index in [-0.39, 0.29) is 6.29 Å². The van der Waals surface area contributed by atoms with Gasteiger partial charge in [-0.15, -0.1) is 0 Å². The molecule has 128 valence electrons. The van der Waals surface area contributed by atoms with Gasteiger partial charge in [0.05, 0.1) is 25.9 Å². The normalized spacial score (nSPS) is 43.9. The lowest BCUT2D eigenvalue weighted by Gasteiger charge is -2.37. The number of hydrogen-bond donors (Lipinski definition) is 0. The predicted molar refractivity (Wildman–Crippen MR) is 87.7 cm³/mol. The highest BCUT2D eigenvalue weighted by molar-refractivity contribution is 4.81. The molecule has 0 bridgehead atoms. The van der Waals surface area contributed by atoms with Crippen LogP contribution >= 0.6 is 0 Å². The molecular weight excluding hydrogens is 276 g/mol. The smallest absolute Gasteiger partial charge is 0.180 e. The first-order valence-electron chi connectivity index (χ1n) is 9.55. The molecule has 1 aliphatic heterocycles. The Labute approximate surface area is 136 Å². The van der Waals surface area contributed by atoms with Gasteiger partial charge in [-0.25, -0.2) is 0 Å². The fourth-order valence-electron chi connectivity index (χ4n) is 4.43. The lowest BCUT2D eigenvalue weighted by Crippen LogP contribution is -2.36. The summed E-state index contributed by atoms with van der Waals surface area (Å²) in [6.45, 7) is 6.80. The van der Waals surface area contributed by atoms with Crippen LogP contribution < -0.4 is 0 Å². The average molecular weight is 310 g/mol. The second-order valence-electron chi connectivity index (χ2n) is 8.09. The first-order chi connectivity index (χ1) is 10.7.